The third kappa shape index (κ3) is 4.79. The number of amides is 1. The Labute approximate surface area is 187 Å². The van der Waals surface area contributed by atoms with Gasteiger partial charge in [0.05, 0.1) is 4.90 Å². The molecule has 4 rings (SSSR count). The molecule has 1 aliphatic heterocycles. The zero-order chi connectivity index (χ0) is 22.6. The molecule has 0 aromatic heterocycles. The first kappa shape index (κ1) is 21.9. The monoisotopic (exact) mass is 448 g/mol. The molecule has 7 heteroatoms. The SMILES string of the molecule is O=C(Nc1cccc(S(=O)(=O)N2CCCCC2)c1)c1ccc(C(=O)c2ccccc2)cc1. The minimum absolute atomic E-state index is 0.117. The number of sulfonamides is 1. The topological polar surface area (TPSA) is 83.6 Å². The van der Waals surface area contributed by atoms with E-state index < -0.39 is 10.0 Å². The van der Waals surface area contributed by atoms with E-state index in [1.165, 1.54) is 10.4 Å². The second kappa shape index (κ2) is 9.46. The van der Waals surface area contributed by atoms with Gasteiger partial charge in [0.2, 0.25) is 10.0 Å². The molecule has 0 aliphatic carbocycles. The lowest BCUT2D eigenvalue weighted by Gasteiger charge is -2.26. The van der Waals surface area contributed by atoms with Crippen LogP contribution in [0.5, 0.6) is 0 Å². The molecule has 1 fully saturated rings. The number of carbonyl (C=O) groups is 2. The maximum atomic E-state index is 12.9. The van der Waals surface area contributed by atoms with Crippen LogP contribution in [0.15, 0.2) is 83.8 Å². The van der Waals surface area contributed by atoms with Crippen molar-refractivity contribution in [3.63, 3.8) is 0 Å². The van der Waals surface area contributed by atoms with Crippen LogP contribution in [-0.4, -0.2) is 37.5 Å². The summed E-state index contributed by atoms with van der Waals surface area (Å²) < 4.78 is 27.3. The summed E-state index contributed by atoms with van der Waals surface area (Å²) in [5.41, 5.74) is 1.84. The Morgan fingerprint density at radius 1 is 0.719 bits per heavy atom. The molecule has 0 atom stereocenters. The number of ketones is 1. The molecule has 0 radical (unpaired) electrons. The summed E-state index contributed by atoms with van der Waals surface area (Å²) in [6.45, 7) is 1.04. The van der Waals surface area contributed by atoms with E-state index in [1.54, 1.807) is 66.7 Å². The first-order chi connectivity index (χ1) is 15.4. The van der Waals surface area contributed by atoms with Gasteiger partial charge in [-0.1, -0.05) is 55.0 Å². The minimum Gasteiger partial charge on any atom is -0.322 e. The van der Waals surface area contributed by atoms with E-state index in [9.17, 15) is 18.0 Å². The normalized spacial score (nSPS) is 14.6. The molecule has 1 N–H and O–H groups in total. The van der Waals surface area contributed by atoms with Gasteiger partial charge < -0.3 is 5.32 Å². The van der Waals surface area contributed by atoms with Crippen molar-refractivity contribution < 1.29 is 18.0 Å². The van der Waals surface area contributed by atoms with Gasteiger partial charge in [-0.25, -0.2) is 8.42 Å². The Morgan fingerprint density at radius 2 is 1.34 bits per heavy atom. The summed E-state index contributed by atoms with van der Waals surface area (Å²) >= 11 is 0. The van der Waals surface area contributed by atoms with Crippen molar-refractivity contribution >= 4 is 27.4 Å². The third-order valence-electron chi connectivity index (χ3n) is 5.49. The highest BCUT2D eigenvalue weighted by Gasteiger charge is 2.26. The van der Waals surface area contributed by atoms with Gasteiger partial charge in [-0.2, -0.15) is 4.31 Å². The van der Waals surface area contributed by atoms with Gasteiger partial charge in [0.25, 0.3) is 5.91 Å². The summed E-state index contributed by atoms with van der Waals surface area (Å²) in [5, 5.41) is 2.75. The first-order valence-electron chi connectivity index (χ1n) is 10.6. The smallest absolute Gasteiger partial charge is 0.255 e. The van der Waals surface area contributed by atoms with Crippen LogP contribution >= 0.6 is 0 Å². The average Bonchev–Trinajstić information content (AvgIpc) is 2.85. The third-order valence-corrected chi connectivity index (χ3v) is 7.38. The van der Waals surface area contributed by atoms with E-state index in [-0.39, 0.29) is 16.6 Å². The number of hydrogen-bond acceptors (Lipinski definition) is 4. The van der Waals surface area contributed by atoms with Crippen LogP contribution < -0.4 is 5.32 Å². The van der Waals surface area contributed by atoms with Crippen molar-refractivity contribution in [1.29, 1.82) is 0 Å². The van der Waals surface area contributed by atoms with E-state index in [4.69, 9.17) is 0 Å². The molecule has 6 nitrogen and oxygen atoms in total. The molecule has 1 amide bonds. The number of carbonyl (C=O) groups excluding carboxylic acids is 2. The molecular formula is C25H24N2O4S. The molecule has 32 heavy (non-hydrogen) atoms. The van der Waals surface area contributed by atoms with Crippen molar-refractivity contribution in [3.05, 3.63) is 95.6 Å². The molecule has 3 aromatic rings. The Bertz CT molecular complexity index is 1220. The van der Waals surface area contributed by atoms with Gasteiger partial charge >= 0.3 is 0 Å². The van der Waals surface area contributed by atoms with Gasteiger partial charge in [-0.05, 0) is 43.2 Å². The lowest BCUT2D eigenvalue weighted by atomic mass is 10.0. The molecule has 0 unspecified atom stereocenters. The molecule has 164 valence electrons. The number of piperidine rings is 1. The van der Waals surface area contributed by atoms with Gasteiger partial charge in [-0.3, -0.25) is 9.59 Å². The van der Waals surface area contributed by atoms with Crippen LogP contribution in [-0.2, 0) is 10.0 Å². The maximum absolute atomic E-state index is 12.9. The van der Waals surface area contributed by atoms with Crippen molar-refractivity contribution in [3.8, 4) is 0 Å². The summed E-state index contributed by atoms with van der Waals surface area (Å²) in [7, 11) is -3.58. The zero-order valence-corrected chi connectivity index (χ0v) is 18.3. The Hall–Kier alpha value is -3.29. The molecule has 1 aliphatic rings. The number of nitrogens with one attached hydrogen (secondary N) is 1. The maximum Gasteiger partial charge on any atom is 0.255 e. The highest BCUT2D eigenvalue weighted by molar-refractivity contribution is 7.89. The van der Waals surface area contributed by atoms with E-state index in [1.807, 2.05) is 6.07 Å². The van der Waals surface area contributed by atoms with Crippen molar-refractivity contribution in [2.24, 2.45) is 0 Å². The largest absolute Gasteiger partial charge is 0.322 e. The number of hydrogen-bond donors (Lipinski definition) is 1. The molecule has 3 aromatic carbocycles. The van der Waals surface area contributed by atoms with Crippen LogP contribution in [0.3, 0.4) is 0 Å². The molecule has 1 heterocycles. The van der Waals surface area contributed by atoms with Crippen molar-refractivity contribution in [2.45, 2.75) is 24.2 Å². The van der Waals surface area contributed by atoms with Crippen LogP contribution in [0.4, 0.5) is 5.69 Å². The predicted octanol–water partition coefficient (Wildman–Crippen LogP) is 4.34. The lowest BCUT2D eigenvalue weighted by molar-refractivity contribution is 0.102. The minimum atomic E-state index is -3.58. The fourth-order valence-electron chi connectivity index (χ4n) is 3.72. The van der Waals surface area contributed by atoms with Gasteiger partial charge in [-0.15, -0.1) is 0 Å². The Morgan fingerprint density at radius 3 is 2.03 bits per heavy atom. The highest BCUT2D eigenvalue weighted by Crippen LogP contribution is 2.23. The van der Waals surface area contributed by atoms with E-state index in [0.717, 1.165) is 19.3 Å². The predicted molar refractivity (Wildman–Crippen MR) is 123 cm³/mol. The Kier molecular flexibility index (Phi) is 6.48. The summed E-state index contributed by atoms with van der Waals surface area (Å²) in [4.78, 5) is 25.4. The molecule has 0 spiro atoms. The number of benzene rings is 3. The van der Waals surface area contributed by atoms with E-state index in [0.29, 0.717) is 35.5 Å². The van der Waals surface area contributed by atoms with Crippen LogP contribution in [0.25, 0.3) is 0 Å². The number of nitrogens with zero attached hydrogens (tertiary/aromatic N) is 1. The average molecular weight is 449 g/mol. The van der Waals surface area contributed by atoms with Gasteiger partial charge in [0.15, 0.2) is 5.78 Å². The summed E-state index contributed by atoms with van der Waals surface area (Å²) in [6, 6.07) is 21.6. The van der Waals surface area contributed by atoms with Crippen molar-refractivity contribution in [2.75, 3.05) is 18.4 Å². The number of anilines is 1. The van der Waals surface area contributed by atoms with Crippen LogP contribution in [0, 0.1) is 0 Å². The van der Waals surface area contributed by atoms with Crippen molar-refractivity contribution in [1.82, 2.24) is 4.31 Å². The van der Waals surface area contributed by atoms with Gasteiger partial charge in [0.1, 0.15) is 0 Å². The molecule has 0 bridgehead atoms. The summed E-state index contributed by atoms with van der Waals surface area (Å²) in [5.74, 6) is -0.496. The van der Waals surface area contributed by atoms with Crippen LogP contribution in [0.1, 0.15) is 45.5 Å². The highest BCUT2D eigenvalue weighted by atomic mass is 32.2. The molecule has 1 saturated heterocycles. The molecule has 0 saturated carbocycles. The first-order valence-corrected chi connectivity index (χ1v) is 12.0. The fourth-order valence-corrected chi connectivity index (χ4v) is 5.28. The van der Waals surface area contributed by atoms with Crippen LogP contribution in [0.2, 0.25) is 0 Å². The fraction of sp³-hybridized carbons (Fsp3) is 0.200. The Balaban J connectivity index is 1.47. The van der Waals surface area contributed by atoms with E-state index in [2.05, 4.69) is 5.32 Å². The zero-order valence-electron chi connectivity index (χ0n) is 17.5. The molecular weight excluding hydrogens is 424 g/mol. The number of rotatable bonds is 6. The second-order valence-electron chi connectivity index (χ2n) is 7.72. The summed E-state index contributed by atoms with van der Waals surface area (Å²) in [6.07, 6.45) is 2.76. The second-order valence-corrected chi connectivity index (χ2v) is 9.66. The van der Waals surface area contributed by atoms with Gasteiger partial charge in [0, 0.05) is 35.5 Å². The van der Waals surface area contributed by atoms with E-state index >= 15 is 0 Å². The standard InChI is InChI=1S/C25H24N2O4S/c28-24(19-8-3-1-4-9-19)20-12-14-21(15-13-20)25(29)26-22-10-7-11-23(18-22)32(30,31)27-16-5-2-6-17-27/h1,3-4,7-15,18H,2,5-6,16-17H2,(H,26,29). The lowest BCUT2D eigenvalue weighted by Crippen LogP contribution is -2.35. The quantitative estimate of drug-likeness (QED) is 0.569.